The average Bonchev–Trinajstić information content (AvgIpc) is 2.23. The molecule has 1 saturated heterocycles. The van der Waals surface area contributed by atoms with E-state index >= 15 is 0 Å². The molecule has 1 unspecified atom stereocenters. The maximum atomic E-state index is 11.4. The highest BCUT2D eigenvalue weighted by Gasteiger charge is 2.16. The SMILES string of the molecule is CC(C)(C)OC(=O)CNCCC1CCCCO1. The normalized spacial score (nSPS) is 21.2. The lowest BCUT2D eigenvalue weighted by molar-refractivity contribution is -0.153. The summed E-state index contributed by atoms with van der Waals surface area (Å²) in [7, 11) is 0. The van der Waals surface area contributed by atoms with Gasteiger partial charge in [0.1, 0.15) is 5.60 Å². The molecule has 0 aliphatic carbocycles. The van der Waals surface area contributed by atoms with Crippen LogP contribution >= 0.6 is 0 Å². The van der Waals surface area contributed by atoms with E-state index in [1.54, 1.807) is 0 Å². The fourth-order valence-electron chi connectivity index (χ4n) is 1.87. The van der Waals surface area contributed by atoms with Crippen LogP contribution in [0.3, 0.4) is 0 Å². The largest absolute Gasteiger partial charge is 0.459 e. The third-order valence-electron chi connectivity index (χ3n) is 2.61. The minimum atomic E-state index is -0.398. The molecule has 1 N–H and O–H groups in total. The average molecular weight is 243 g/mol. The van der Waals surface area contributed by atoms with Crippen molar-refractivity contribution in [3.8, 4) is 0 Å². The van der Waals surface area contributed by atoms with Gasteiger partial charge in [0.25, 0.3) is 0 Å². The van der Waals surface area contributed by atoms with Gasteiger partial charge in [-0.05, 0) is 53.0 Å². The van der Waals surface area contributed by atoms with Crippen molar-refractivity contribution in [2.45, 2.75) is 58.2 Å². The monoisotopic (exact) mass is 243 g/mol. The Labute approximate surface area is 104 Å². The smallest absolute Gasteiger partial charge is 0.320 e. The summed E-state index contributed by atoms with van der Waals surface area (Å²) < 4.78 is 10.8. The molecular weight excluding hydrogens is 218 g/mol. The second kappa shape index (κ2) is 6.97. The molecule has 1 fully saturated rings. The first-order valence-corrected chi connectivity index (χ1v) is 6.51. The molecular formula is C13H25NO3. The molecule has 1 aliphatic heterocycles. The molecule has 0 aromatic heterocycles. The Balaban J connectivity index is 2.01. The highest BCUT2D eigenvalue weighted by Crippen LogP contribution is 2.14. The summed E-state index contributed by atoms with van der Waals surface area (Å²) in [6, 6.07) is 0. The first-order valence-electron chi connectivity index (χ1n) is 6.51. The minimum Gasteiger partial charge on any atom is -0.459 e. The predicted octanol–water partition coefficient (Wildman–Crippen LogP) is 1.88. The van der Waals surface area contributed by atoms with Gasteiger partial charge in [0, 0.05) is 6.61 Å². The van der Waals surface area contributed by atoms with Crippen molar-refractivity contribution in [2.24, 2.45) is 0 Å². The maximum absolute atomic E-state index is 11.4. The highest BCUT2D eigenvalue weighted by atomic mass is 16.6. The van der Waals surface area contributed by atoms with Crippen molar-refractivity contribution in [3.63, 3.8) is 0 Å². The zero-order chi connectivity index (χ0) is 12.7. The van der Waals surface area contributed by atoms with E-state index in [0.29, 0.717) is 6.10 Å². The lowest BCUT2D eigenvalue weighted by atomic mass is 10.1. The molecule has 0 saturated carbocycles. The fraction of sp³-hybridized carbons (Fsp3) is 0.923. The molecule has 4 nitrogen and oxygen atoms in total. The van der Waals surface area contributed by atoms with E-state index in [-0.39, 0.29) is 12.5 Å². The van der Waals surface area contributed by atoms with Gasteiger partial charge < -0.3 is 14.8 Å². The van der Waals surface area contributed by atoms with Crippen LogP contribution < -0.4 is 5.32 Å². The lowest BCUT2D eigenvalue weighted by Gasteiger charge is -2.23. The molecule has 100 valence electrons. The van der Waals surface area contributed by atoms with Crippen LogP contribution in [0.4, 0.5) is 0 Å². The quantitative estimate of drug-likeness (QED) is 0.591. The van der Waals surface area contributed by atoms with Gasteiger partial charge in [0.2, 0.25) is 0 Å². The van der Waals surface area contributed by atoms with Crippen molar-refractivity contribution in [2.75, 3.05) is 19.7 Å². The zero-order valence-corrected chi connectivity index (χ0v) is 11.3. The molecule has 0 aromatic rings. The molecule has 1 atom stereocenters. The van der Waals surface area contributed by atoms with Gasteiger partial charge in [-0.1, -0.05) is 0 Å². The Hall–Kier alpha value is -0.610. The van der Waals surface area contributed by atoms with Gasteiger partial charge in [-0.25, -0.2) is 0 Å². The summed E-state index contributed by atoms with van der Waals surface area (Å²) in [6.45, 7) is 7.60. The Kier molecular flexibility index (Phi) is 5.92. The molecule has 4 heteroatoms. The highest BCUT2D eigenvalue weighted by molar-refractivity contribution is 5.72. The fourth-order valence-corrected chi connectivity index (χ4v) is 1.87. The van der Waals surface area contributed by atoms with E-state index in [0.717, 1.165) is 26.0 Å². The summed E-state index contributed by atoms with van der Waals surface area (Å²) in [5, 5.41) is 3.10. The molecule has 1 heterocycles. The molecule has 1 aliphatic rings. The third-order valence-corrected chi connectivity index (χ3v) is 2.61. The summed E-state index contributed by atoms with van der Waals surface area (Å²) in [5.74, 6) is -0.193. The van der Waals surface area contributed by atoms with Crippen LogP contribution in [0.25, 0.3) is 0 Å². The van der Waals surface area contributed by atoms with Crippen LogP contribution in [-0.4, -0.2) is 37.4 Å². The van der Waals surface area contributed by atoms with Gasteiger partial charge in [-0.3, -0.25) is 4.79 Å². The van der Waals surface area contributed by atoms with Crippen LogP contribution in [0.1, 0.15) is 46.5 Å². The molecule has 0 bridgehead atoms. The minimum absolute atomic E-state index is 0.193. The lowest BCUT2D eigenvalue weighted by Crippen LogP contribution is -2.33. The van der Waals surface area contributed by atoms with Crippen molar-refractivity contribution in [1.29, 1.82) is 0 Å². The summed E-state index contributed by atoms with van der Waals surface area (Å²) in [6.07, 6.45) is 4.94. The number of carbonyl (C=O) groups is 1. The van der Waals surface area contributed by atoms with E-state index < -0.39 is 5.60 Å². The Morgan fingerprint density at radius 3 is 2.76 bits per heavy atom. The standard InChI is InChI=1S/C13H25NO3/c1-13(2,3)17-12(15)10-14-8-7-11-6-4-5-9-16-11/h11,14H,4-10H2,1-3H3. The summed E-state index contributed by atoms with van der Waals surface area (Å²) in [4.78, 5) is 11.4. The van der Waals surface area contributed by atoms with Crippen molar-refractivity contribution >= 4 is 5.97 Å². The number of nitrogens with one attached hydrogen (secondary N) is 1. The van der Waals surface area contributed by atoms with E-state index in [2.05, 4.69) is 5.32 Å². The number of hydrogen-bond donors (Lipinski definition) is 1. The van der Waals surface area contributed by atoms with Crippen LogP contribution in [0.2, 0.25) is 0 Å². The van der Waals surface area contributed by atoms with Crippen molar-refractivity contribution in [3.05, 3.63) is 0 Å². The van der Waals surface area contributed by atoms with Crippen LogP contribution in [0.5, 0.6) is 0 Å². The van der Waals surface area contributed by atoms with Gasteiger partial charge in [0.05, 0.1) is 12.6 Å². The molecule has 17 heavy (non-hydrogen) atoms. The number of ether oxygens (including phenoxy) is 2. The van der Waals surface area contributed by atoms with Gasteiger partial charge in [-0.15, -0.1) is 0 Å². The summed E-state index contributed by atoms with van der Waals surface area (Å²) in [5.41, 5.74) is -0.398. The Morgan fingerprint density at radius 2 is 2.18 bits per heavy atom. The number of esters is 1. The molecule has 0 spiro atoms. The topological polar surface area (TPSA) is 47.6 Å². The van der Waals surface area contributed by atoms with Crippen LogP contribution in [0.15, 0.2) is 0 Å². The second-order valence-corrected chi connectivity index (χ2v) is 5.54. The zero-order valence-electron chi connectivity index (χ0n) is 11.3. The van der Waals surface area contributed by atoms with E-state index in [1.807, 2.05) is 20.8 Å². The number of carbonyl (C=O) groups excluding carboxylic acids is 1. The van der Waals surface area contributed by atoms with E-state index in [4.69, 9.17) is 9.47 Å². The third kappa shape index (κ3) is 7.34. The Bertz CT molecular complexity index is 229. The van der Waals surface area contributed by atoms with E-state index in [1.165, 1.54) is 12.8 Å². The van der Waals surface area contributed by atoms with Crippen molar-refractivity contribution < 1.29 is 14.3 Å². The van der Waals surface area contributed by atoms with Crippen molar-refractivity contribution in [1.82, 2.24) is 5.32 Å². The van der Waals surface area contributed by atoms with Gasteiger partial charge >= 0.3 is 5.97 Å². The first kappa shape index (κ1) is 14.5. The molecule has 0 radical (unpaired) electrons. The number of hydrogen-bond acceptors (Lipinski definition) is 4. The van der Waals surface area contributed by atoms with E-state index in [9.17, 15) is 4.79 Å². The Morgan fingerprint density at radius 1 is 1.41 bits per heavy atom. The summed E-state index contributed by atoms with van der Waals surface area (Å²) >= 11 is 0. The number of rotatable bonds is 5. The molecule has 0 aromatic carbocycles. The predicted molar refractivity (Wildman–Crippen MR) is 66.9 cm³/mol. The molecule has 0 amide bonds. The van der Waals surface area contributed by atoms with Gasteiger partial charge in [0.15, 0.2) is 0 Å². The first-order chi connectivity index (χ1) is 7.97. The maximum Gasteiger partial charge on any atom is 0.320 e. The van der Waals surface area contributed by atoms with Crippen LogP contribution in [0, 0.1) is 0 Å². The molecule has 1 rings (SSSR count). The van der Waals surface area contributed by atoms with Crippen LogP contribution in [-0.2, 0) is 14.3 Å². The van der Waals surface area contributed by atoms with Gasteiger partial charge in [-0.2, -0.15) is 0 Å². The second-order valence-electron chi connectivity index (χ2n) is 5.54.